The number of rotatable bonds is 6. The third kappa shape index (κ3) is 4.42. The summed E-state index contributed by atoms with van der Waals surface area (Å²) in [6.07, 6.45) is 0. The van der Waals surface area contributed by atoms with E-state index in [4.69, 9.17) is 4.74 Å². The van der Waals surface area contributed by atoms with Crippen LogP contribution in [0.4, 0.5) is 10.1 Å². The number of nitro groups is 1. The van der Waals surface area contributed by atoms with Crippen LogP contribution in [0.15, 0.2) is 16.6 Å². The molecule has 1 aromatic carbocycles. The normalized spacial score (nSPS) is 12.5. The van der Waals surface area contributed by atoms with Crippen molar-refractivity contribution >= 4 is 37.5 Å². The molecule has 0 radical (unpaired) electrons. The first kappa shape index (κ1) is 16.4. The van der Waals surface area contributed by atoms with Crippen molar-refractivity contribution in [3.05, 3.63) is 32.5 Å². The van der Waals surface area contributed by atoms with Gasteiger partial charge in [-0.1, -0.05) is 29.8 Å². The molecule has 1 atom stereocenters. The summed E-state index contributed by atoms with van der Waals surface area (Å²) in [5.74, 6) is -0.0668. The highest BCUT2D eigenvalue weighted by molar-refractivity contribution is 9.10. The molecular weight excluding hydrogens is 385 g/mol. The minimum Gasteiger partial charge on any atom is -0.486 e. The van der Waals surface area contributed by atoms with E-state index in [1.165, 1.54) is 0 Å². The van der Waals surface area contributed by atoms with Crippen LogP contribution in [0.3, 0.4) is 0 Å². The van der Waals surface area contributed by atoms with Gasteiger partial charge in [-0.3, -0.25) is 10.1 Å². The fraction of sp³-hybridized carbons (Fsp3) is 0.500. The summed E-state index contributed by atoms with van der Waals surface area (Å²) < 4.78 is 18.9. The van der Waals surface area contributed by atoms with Gasteiger partial charge < -0.3 is 4.74 Å². The molecule has 106 valence electrons. The SMILES string of the molecule is CC(C)C(CBr)COc1cc(F)c(Br)cc1[N+](=O)[O-]. The minimum atomic E-state index is -0.585. The lowest BCUT2D eigenvalue weighted by Gasteiger charge is -2.18. The van der Waals surface area contributed by atoms with E-state index in [0.29, 0.717) is 12.5 Å². The lowest BCUT2D eigenvalue weighted by atomic mass is 9.99. The van der Waals surface area contributed by atoms with Crippen molar-refractivity contribution in [3.8, 4) is 5.75 Å². The second kappa shape index (κ2) is 7.19. The summed E-state index contributed by atoms with van der Waals surface area (Å²) in [7, 11) is 0. The van der Waals surface area contributed by atoms with Crippen LogP contribution in [-0.4, -0.2) is 16.9 Å². The van der Waals surface area contributed by atoms with Gasteiger partial charge in [0.25, 0.3) is 0 Å². The predicted octanol–water partition coefficient (Wildman–Crippen LogP) is 4.54. The Kier molecular flexibility index (Phi) is 6.19. The molecule has 7 heteroatoms. The predicted molar refractivity (Wildman–Crippen MR) is 78.4 cm³/mol. The summed E-state index contributed by atoms with van der Waals surface area (Å²) in [4.78, 5) is 10.3. The molecule has 0 saturated carbocycles. The van der Waals surface area contributed by atoms with Crippen LogP contribution >= 0.6 is 31.9 Å². The Labute approximate surface area is 127 Å². The van der Waals surface area contributed by atoms with Gasteiger partial charge in [-0.25, -0.2) is 4.39 Å². The summed E-state index contributed by atoms with van der Waals surface area (Å²) in [5.41, 5.74) is -0.245. The molecule has 0 heterocycles. The summed E-state index contributed by atoms with van der Waals surface area (Å²) in [5, 5.41) is 11.6. The van der Waals surface area contributed by atoms with E-state index >= 15 is 0 Å². The van der Waals surface area contributed by atoms with E-state index in [1.807, 2.05) is 13.8 Å². The second-order valence-electron chi connectivity index (χ2n) is 4.46. The molecule has 0 fully saturated rings. The molecule has 0 aliphatic carbocycles. The fourth-order valence-corrected chi connectivity index (χ4v) is 2.65. The van der Waals surface area contributed by atoms with E-state index in [-0.39, 0.29) is 21.8 Å². The average molecular weight is 399 g/mol. The Morgan fingerprint density at radius 1 is 1.47 bits per heavy atom. The third-order valence-electron chi connectivity index (χ3n) is 2.79. The number of nitrogens with zero attached hydrogens (tertiary/aromatic N) is 1. The Morgan fingerprint density at radius 2 is 2.11 bits per heavy atom. The Hall–Kier alpha value is -0.690. The molecule has 1 aromatic rings. The van der Waals surface area contributed by atoms with Crippen LogP contribution in [0, 0.1) is 27.8 Å². The molecule has 0 amide bonds. The third-order valence-corrected chi connectivity index (χ3v) is 4.23. The van der Waals surface area contributed by atoms with Gasteiger partial charge in [-0.2, -0.15) is 0 Å². The zero-order valence-electron chi connectivity index (χ0n) is 10.5. The van der Waals surface area contributed by atoms with Crippen LogP contribution in [0.2, 0.25) is 0 Å². The van der Waals surface area contributed by atoms with Gasteiger partial charge >= 0.3 is 5.69 Å². The number of hydrogen-bond donors (Lipinski definition) is 0. The molecule has 0 saturated heterocycles. The number of alkyl halides is 1. The maximum absolute atomic E-state index is 13.4. The molecule has 1 rings (SSSR count). The van der Waals surface area contributed by atoms with Crippen LogP contribution in [0.1, 0.15) is 13.8 Å². The smallest absolute Gasteiger partial charge is 0.312 e. The molecule has 0 aliphatic heterocycles. The molecule has 0 spiro atoms. The van der Waals surface area contributed by atoms with E-state index < -0.39 is 10.7 Å². The average Bonchev–Trinajstić information content (AvgIpc) is 2.33. The Balaban J connectivity index is 2.94. The van der Waals surface area contributed by atoms with Crippen molar-refractivity contribution in [3.63, 3.8) is 0 Å². The number of hydrogen-bond acceptors (Lipinski definition) is 3. The minimum absolute atomic E-state index is 0.0442. The van der Waals surface area contributed by atoms with E-state index in [1.54, 1.807) is 0 Å². The van der Waals surface area contributed by atoms with E-state index in [2.05, 4.69) is 31.9 Å². The highest BCUT2D eigenvalue weighted by atomic mass is 79.9. The molecule has 4 nitrogen and oxygen atoms in total. The summed E-state index contributed by atoms with van der Waals surface area (Å²) in [6.45, 7) is 4.36. The van der Waals surface area contributed by atoms with E-state index in [0.717, 1.165) is 17.5 Å². The number of benzene rings is 1. The Morgan fingerprint density at radius 3 is 2.58 bits per heavy atom. The number of nitro benzene ring substituents is 1. The lowest BCUT2D eigenvalue weighted by molar-refractivity contribution is -0.386. The molecule has 0 aliphatic rings. The summed E-state index contributed by atoms with van der Waals surface area (Å²) >= 11 is 6.29. The number of halogens is 3. The molecular formula is C12H14Br2FNO3. The van der Waals surface area contributed by atoms with Crippen molar-refractivity contribution in [1.82, 2.24) is 0 Å². The van der Waals surface area contributed by atoms with Gasteiger partial charge in [-0.15, -0.1) is 0 Å². The first-order valence-corrected chi connectivity index (χ1v) is 7.60. The maximum atomic E-state index is 13.4. The van der Waals surface area contributed by atoms with Crippen LogP contribution in [0.25, 0.3) is 0 Å². The zero-order valence-corrected chi connectivity index (χ0v) is 13.7. The quantitative estimate of drug-likeness (QED) is 0.401. The van der Waals surface area contributed by atoms with Crippen LogP contribution in [-0.2, 0) is 0 Å². The largest absolute Gasteiger partial charge is 0.486 e. The van der Waals surface area contributed by atoms with Gasteiger partial charge in [-0.05, 0) is 21.8 Å². The molecule has 0 N–H and O–H groups in total. The topological polar surface area (TPSA) is 52.4 Å². The number of ether oxygens (including phenoxy) is 1. The molecule has 19 heavy (non-hydrogen) atoms. The van der Waals surface area contributed by atoms with Crippen molar-refractivity contribution in [1.29, 1.82) is 0 Å². The molecule has 1 unspecified atom stereocenters. The van der Waals surface area contributed by atoms with Crippen molar-refractivity contribution in [2.45, 2.75) is 13.8 Å². The van der Waals surface area contributed by atoms with Gasteiger partial charge in [0, 0.05) is 23.4 Å². The van der Waals surface area contributed by atoms with Crippen LogP contribution in [0.5, 0.6) is 5.75 Å². The standard InChI is InChI=1S/C12H14Br2FNO3/c1-7(2)8(5-13)6-19-12-4-10(15)9(14)3-11(12)16(17)18/h3-4,7-8H,5-6H2,1-2H3. The zero-order chi connectivity index (χ0) is 14.6. The molecule has 0 bridgehead atoms. The first-order chi connectivity index (χ1) is 8.86. The highest BCUT2D eigenvalue weighted by Crippen LogP contribution is 2.33. The summed E-state index contributed by atoms with van der Waals surface area (Å²) in [6, 6.07) is 2.15. The van der Waals surface area contributed by atoms with Gasteiger partial charge in [0.15, 0.2) is 5.75 Å². The Bertz CT molecular complexity index is 469. The fourth-order valence-electron chi connectivity index (χ4n) is 1.39. The monoisotopic (exact) mass is 397 g/mol. The van der Waals surface area contributed by atoms with Gasteiger partial charge in [0.2, 0.25) is 0 Å². The lowest BCUT2D eigenvalue weighted by Crippen LogP contribution is -2.19. The molecule has 0 aromatic heterocycles. The van der Waals surface area contributed by atoms with E-state index in [9.17, 15) is 14.5 Å². The second-order valence-corrected chi connectivity index (χ2v) is 5.96. The van der Waals surface area contributed by atoms with Crippen molar-refractivity contribution in [2.24, 2.45) is 11.8 Å². The van der Waals surface area contributed by atoms with Crippen molar-refractivity contribution in [2.75, 3.05) is 11.9 Å². The van der Waals surface area contributed by atoms with Gasteiger partial charge in [0.1, 0.15) is 5.82 Å². The van der Waals surface area contributed by atoms with Crippen molar-refractivity contribution < 1.29 is 14.1 Å². The first-order valence-electron chi connectivity index (χ1n) is 5.69. The highest BCUT2D eigenvalue weighted by Gasteiger charge is 2.21. The van der Waals surface area contributed by atoms with Gasteiger partial charge in [0.05, 0.1) is 16.0 Å². The maximum Gasteiger partial charge on any atom is 0.312 e. The van der Waals surface area contributed by atoms with Crippen LogP contribution < -0.4 is 4.74 Å².